The Labute approximate surface area is 81.2 Å². The van der Waals surface area contributed by atoms with Gasteiger partial charge in [0.2, 0.25) is 0 Å². The third-order valence-electron chi connectivity index (χ3n) is 2.51. The van der Waals surface area contributed by atoms with Crippen LogP contribution in [-0.2, 0) is 4.74 Å². The van der Waals surface area contributed by atoms with Crippen molar-refractivity contribution in [1.82, 2.24) is 10.6 Å². The van der Waals surface area contributed by atoms with E-state index in [2.05, 4.69) is 10.6 Å². The lowest BCUT2D eigenvalue weighted by Crippen LogP contribution is -2.43. The van der Waals surface area contributed by atoms with E-state index in [0.29, 0.717) is 6.04 Å². The lowest BCUT2D eigenvalue weighted by atomic mass is 10.1. The fraction of sp³-hybridized carbons (Fsp3) is 1.00. The first-order valence-electron chi connectivity index (χ1n) is 5.36. The van der Waals surface area contributed by atoms with Gasteiger partial charge in [0.1, 0.15) is 0 Å². The van der Waals surface area contributed by atoms with Crippen molar-refractivity contribution in [2.75, 3.05) is 33.4 Å². The first-order chi connectivity index (χ1) is 6.43. The number of hydrogen-bond donors (Lipinski definition) is 2. The maximum absolute atomic E-state index is 4.99. The SMILES string of the molecule is COCCCCNC1CCCNC1. The quantitative estimate of drug-likeness (QED) is 0.601. The van der Waals surface area contributed by atoms with Gasteiger partial charge in [-0.15, -0.1) is 0 Å². The molecule has 78 valence electrons. The molecule has 0 saturated carbocycles. The normalized spacial score (nSPS) is 23.3. The summed E-state index contributed by atoms with van der Waals surface area (Å²) in [4.78, 5) is 0. The minimum absolute atomic E-state index is 0.705. The topological polar surface area (TPSA) is 33.3 Å². The van der Waals surface area contributed by atoms with Crippen molar-refractivity contribution in [2.45, 2.75) is 31.7 Å². The molecule has 1 atom stereocenters. The van der Waals surface area contributed by atoms with Crippen LogP contribution in [0.3, 0.4) is 0 Å². The predicted molar refractivity (Wildman–Crippen MR) is 55.0 cm³/mol. The van der Waals surface area contributed by atoms with E-state index in [-0.39, 0.29) is 0 Å². The standard InChI is InChI=1S/C10H22N2O/c1-13-8-3-2-7-12-10-5-4-6-11-9-10/h10-12H,2-9H2,1H3. The molecule has 3 heteroatoms. The zero-order valence-electron chi connectivity index (χ0n) is 8.64. The van der Waals surface area contributed by atoms with Gasteiger partial charge in [-0.1, -0.05) is 0 Å². The van der Waals surface area contributed by atoms with Crippen molar-refractivity contribution in [3.05, 3.63) is 0 Å². The van der Waals surface area contributed by atoms with Crippen LogP contribution >= 0.6 is 0 Å². The van der Waals surface area contributed by atoms with Gasteiger partial charge in [-0.05, 0) is 38.8 Å². The van der Waals surface area contributed by atoms with Crippen LogP contribution in [0.2, 0.25) is 0 Å². The van der Waals surface area contributed by atoms with E-state index in [1.54, 1.807) is 7.11 Å². The van der Waals surface area contributed by atoms with Gasteiger partial charge in [-0.3, -0.25) is 0 Å². The first kappa shape index (κ1) is 11.0. The Bertz CT molecular complexity index is 113. The van der Waals surface area contributed by atoms with E-state index < -0.39 is 0 Å². The fourth-order valence-electron chi connectivity index (χ4n) is 1.70. The molecule has 3 nitrogen and oxygen atoms in total. The number of nitrogens with one attached hydrogen (secondary N) is 2. The Balaban J connectivity index is 1.86. The number of rotatable bonds is 6. The van der Waals surface area contributed by atoms with Crippen LogP contribution in [0.1, 0.15) is 25.7 Å². The van der Waals surface area contributed by atoms with Crippen molar-refractivity contribution in [3.8, 4) is 0 Å². The molecule has 0 aliphatic carbocycles. The average molecular weight is 186 g/mol. The van der Waals surface area contributed by atoms with Gasteiger partial charge in [0.25, 0.3) is 0 Å². The molecule has 0 amide bonds. The molecule has 13 heavy (non-hydrogen) atoms. The number of methoxy groups -OCH3 is 1. The van der Waals surface area contributed by atoms with Crippen LogP contribution in [0.25, 0.3) is 0 Å². The molecule has 1 aliphatic rings. The Hall–Kier alpha value is -0.120. The summed E-state index contributed by atoms with van der Waals surface area (Å²) in [6, 6.07) is 0.705. The summed E-state index contributed by atoms with van der Waals surface area (Å²) >= 11 is 0. The highest BCUT2D eigenvalue weighted by Crippen LogP contribution is 2.01. The third kappa shape index (κ3) is 5.24. The minimum atomic E-state index is 0.705. The number of hydrogen-bond acceptors (Lipinski definition) is 3. The molecule has 1 unspecified atom stereocenters. The molecule has 0 radical (unpaired) electrons. The molecule has 0 aromatic carbocycles. The molecular weight excluding hydrogens is 164 g/mol. The second-order valence-corrected chi connectivity index (χ2v) is 3.70. The second-order valence-electron chi connectivity index (χ2n) is 3.70. The molecular formula is C10H22N2O. The first-order valence-corrected chi connectivity index (χ1v) is 5.36. The Morgan fingerprint density at radius 1 is 1.46 bits per heavy atom. The van der Waals surface area contributed by atoms with E-state index in [4.69, 9.17) is 4.74 Å². The molecule has 1 rings (SSSR count). The van der Waals surface area contributed by atoms with Crippen molar-refractivity contribution < 1.29 is 4.74 Å². The van der Waals surface area contributed by atoms with Crippen LogP contribution in [0.15, 0.2) is 0 Å². The third-order valence-corrected chi connectivity index (χ3v) is 2.51. The van der Waals surface area contributed by atoms with Gasteiger partial charge in [0, 0.05) is 26.3 Å². The highest BCUT2D eigenvalue weighted by atomic mass is 16.5. The van der Waals surface area contributed by atoms with E-state index in [0.717, 1.165) is 19.7 Å². The number of ether oxygens (including phenoxy) is 1. The van der Waals surface area contributed by atoms with Gasteiger partial charge in [-0.2, -0.15) is 0 Å². The smallest absolute Gasteiger partial charge is 0.0462 e. The Morgan fingerprint density at radius 3 is 3.08 bits per heavy atom. The van der Waals surface area contributed by atoms with Crippen molar-refractivity contribution in [3.63, 3.8) is 0 Å². The molecule has 1 aliphatic heterocycles. The molecule has 1 heterocycles. The van der Waals surface area contributed by atoms with Gasteiger partial charge >= 0.3 is 0 Å². The molecule has 0 aromatic rings. The summed E-state index contributed by atoms with van der Waals surface area (Å²) in [6.45, 7) is 4.37. The van der Waals surface area contributed by atoms with E-state index in [1.807, 2.05) is 0 Å². The molecule has 0 bridgehead atoms. The Morgan fingerprint density at radius 2 is 2.38 bits per heavy atom. The van der Waals surface area contributed by atoms with Crippen molar-refractivity contribution in [1.29, 1.82) is 0 Å². The number of unbranched alkanes of at least 4 members (excludes halogenated alkanes) is 1. The largest absolute Gasteiger partial charge is 0.385 e. The van der Waals surface area contributed by atoms with Gasteiger partial charge in [-0.25, -0.2) is 0 Å². The fourth-order valence-corrected chi connectivity index (χ4v) is 1.70. The lowest BCUT2D eigenvalue weighted by molar-refractivity contribution is 0.192. The van der Waals surface area contributed by atoms with Crippen LogP contribution < -0.4 is 10.6 Å². The molecule has 1 fully saturated rings. The average Bonchev–Trinajstić information content (AvgIpc) is 2.19. The van der Waals surface area contributed by atoms with Gasteiger partial charge in [0.15, 0.2) is 0 Å². The summed E-state index contributed by atoms with van der Waals surface area (Å²) in [5.74, 6) is 0. The zero-order chi connectivity index (χ0) is 9.36. The summed E-state index contributed by atoms with van der Waals surface area (Å²) in [7, 11) is 1.76. The van der Waals surface area contributed by atoms with Crippen LogP contribution in [0, 0.1) is 0 Å². The molecule has 0 aromatic heterocycles. The second kappa shape index (κ2) is 7.30. The van der Waals surface area contributed by atoms with Gasteiger partial charge in [0.05, 0.1) is 0 Å². The highest BCUT2D eigenvalue weighted by Gasteiger charge is 2.10. The Kier molecular flexibility index (Phi) is 6.15. The summed E-state index contributed by atoms with van der Waals surface area (Å²) in [5.41, 5.74) is 0. The molecule has 2 N–H and O–H groups in total. The van der Waals surface area contributed by atoms with E-state index >= 15 is 0 Å². The predicted octanol–water partition coefficient (Wildman–Crippen LogP) is 0.755. The highest BCUT2D eigenvalue weighted by molar-refractivity contribution is 4.74. The van der Waals surface area contributed by atoms with Gasteiger partial charge < -0.3 is 15.4 Å². The number of piperidine rings is 1. The summed E-state index contributed by atoms with van der Waals surface area (Å²) < 4.78 is 4.99. The maximum atomic E-state index is 4.99. The summed E-state index contributed by atoms with van der Waals surface area (Å²) in [6.07, 6.45) is 5.04. The maximum Gasteiger partial charge on any atom is 0.0462 e. The summed E-state index contributed by atoms with van der Waals surface area (Å²) in [5, 5.41) is 6.96. The van der Waals surface area contributed by atoms with Crippen LogP contribution in [-0.4, -0.2) is 39.4 Å². The van der Waals surface area contributed by atoms with Crippen molar-refractivity contribution >= 4 is 0 Å². The molecule has 1 saturated heterocycles. The molecule has 0 spiro atoms. The van der Waals surface area contributed by atoms with E-state index in [9.17, 15) is 0 Å². The van der Waals surface area contributed by atoms with Crippen molar-refractivity contribution in [2.24, 2.45) is 0 Å². The lowest BCUT2D eigenvalue weighted by Gasteiger charge is -2.23. The minimum Gasteiger partial charge on any atom is -0.385 e. The monoisotopic (exact) mass is 186 g/mol. The van der Waals surface area contributed by atoms with Crippen LogP contribution in [0.4, 0.5) is 0 Å². The van der Waals surface area contributed by atoms with E-state index in [1.165, 1.54) is 32.2 Å². The zero-order valence-corrected chi connectivity index (χ0v) is 8.64. The van der Waals surface area contributed by atoms with Crippen LogP contribution in [0.5, 0.6) is 0 Å².